The van der Waals surface area contributed by atoms with Gasteiger partial charge in [0.2, 0.25) is 0 Å². The molecule has 0 atom stereocenters. The smallest absolute Gasteiger partial charge is 0.147 e. The van der Waals surface area contributed by atoms with Crippen molar-refractivity contribution in [2.45, 2.75) is 33.1 Å². The first-order valence-electron chi connectivity index (χ1n) is 3.92. The molecule has 0 saturated heterocycles. The molecular weight excluding hydrogens is 227 g/mol. The van der Waals surface area contributed by atoms with Crippen molar-refractivity contribution in [1.82, 2.24) is 0 Å². The van der Waals surface area contributed by atoms with Gasteiger partial charge in [-0.15, -0.1) is 24.8 Å². The Morgan fingerprint density at radius 1 is 1.25 bits per heavy atom. The third-order valence-electron chi connectivity index (χ3n) is 2.04. The van der Waals surface area contributed by atoms with Crippen LogP contribution in [0.25, 0.3) is 0 Å². The number of hydrogen-bond acceptors (Lipinski definition) is 0. The molecule has 0 radical (unpaired) electrons. The van der Waals surface area contributed by atoms with Crippen LogP contribution in [-0.4, -0.2) is 0 Å². The second-order valence-electron chi connectivity index (χ2n) is 2.60. The Morgan fingerprint density at radius 2 is 1.83 bits per heavy atom. The molecule has 0 amide bonds. The van der Waals surface area contributed by atoms with Crippen LogP contribution in [0.1, 0.15) is 33.1 Å². The molecule has 69 valence electrons. The first kappa shape index (κ1) is 15.3. The summed E-state index contributed by atoms with van der Waals surface area (Å²) in [6.07, 6.45) is 5.99. The van der Waals surface area contributed by atoms with E-state index in [1.54, 1.807) is 15.0 Å². The molecule has 0 nitrogen and oxygen atoms in total. The van der Waals surface area contributed by atoms with Crippen LogP contribution in [-0.2, 0) is 20.4 Å². The molecule has 0 spiro atoms. The standard InChI is InChI=1S/C9H13.2ClH.Ti/c1-3-8-6-5-7-9(8)4-2;;;/h6H,3-5H2,1-2H3;2*1H;. The number of hydrogen-bond donors (Lipinski definition) is 0. The molecule has 1 aliphatic carbocycles. The summed E-state index contributed by atoms with van der Waals surface area (Å²) in [6, 6.07) is 0. The van der Waals surface area contributed by atoms with Crippen LogP contribution < -0.4 is 0 Å². The molecule has 1 rings (SSSR count). The van der Waals surface area contributed by atoms with Crippen LogP contribution >= 0.6 is 24.8 Å². The Morgan fingerprint density at radius 3 is 2.17 bits per heavy atom. The fourth-order valence-electron chi connectivity index (χ4n) is 1.46. The summed E-state index contributed by atoms with van der Waals surface area (Å²) in [4.78, 5) is 0. The first-order chi connectivity index (χ1) is 4.79. The quantitative estimate of drug-likeness (QED) is 0.646. The predicted octanol–water partition coefficient (Wildman–Crippen LogP) is 3.78. The average molecular weight is 242 g/mol. The molecule has 0 fully saturated rings. The second-order valence-corrected chi connectivity index (χ2v) is 3.54. The second kappa shape index (κ2) is 7.20. The van der Waals surface area contributed by atoms with Crippen molar-refractivity contribution in [3.8, 4) is 0 Å². The van der Waals surface area contributed by atoms with Gasteiger partial charge in [0.05, 0.1) is 0 Å². The molecule has 0 bridgehead atoms. The molecule has 1 aliphatic rings. The van der Waals surface area contributed by atoms with Gasteiger partial charge in [-0.3, -0.25) is 0 Å². The van der Waals surface area contributed by atoms with Crippen molar-refractivity contribution in [2.24, 2.45) is 0 Å². The van der Waals surface area contributed by atoms with Crippen LogP contribution in [0.15, 0.2) is 21.1 Å². The van der Waals surface area contributed by atoms with Crippen molar-refractivity contribution in [3.63, 3.8) is 0 Å². The zero-order chi connectivity index (χ0) is 7.56. The zero-order valence-corrected chi connectivity index (χ0v) is 10.7. The Kier molecular flexibility index (Phi) is 9.16. The monoisotopic (exact) mass is 241 g/mol. The van der Waals surface area contributed by atoms with Gasteiger partial charge in [-0.2, -0.15) is 0 Å². The van der Waals surface area contributed by atoms with E-state index in [-0.39, 0.29) is 24.8 Å². The normalized spacial score (nSPS) is 14.9. The summed E-state index contributed by atoms with van der Waals surface area (Å²) in [5.74, 6) is 0. The maximum atomic E-state index is 2.37. The summed E-state index contributed by atoms with van der Waals surface area (Å²) < 4.78 is 1.58. The van der Waals surface area contributed by atoms with E-state index in [1.165, 1.54) is 19.3 Å². The molecule has 12 heavy (non-hydrogen) atoms. The van der Waals surface area contributed by atoms with E-state index in [9.17, 15) is 0 Å². The minimum atomic E-state index is 0. The fraction of sp³-hybridized carbons (Fsp3) is 0.556. The molecule has 0 aromatic carbocycles. The fourth-order valence-corrected chi connectivity index (χ4v) is 2.15. The molecule has 0 saturated carbocycles. The van der Waals surface area contributed by atoms with Gasteiger partial charge in [0.15, 0.2) is 0 Å². The summed E-state index contributed by atoms with van der Waals surface area (Å²) >= 11 is 2.25. The third-order valence-corrected chi connectivity index (χ3v) is 2.83. The van der Waals surface area contributed by atoms with Gasteiger partial charge < -0.3 is 0 Å². The molecular formula is C9H15Cl2Ti. The van der Waals surface area contributed by atoms with E-state index in [4.69, 9.17) is 0 Å². The molecule has 3 heteroatoms. The number of halogens is 2. The van der Waals surface area contributed by atoms with Gasteiger partial charge in [0.25, 0.3) is 0 Å². The topological polar surface area (TPSA) is 0 Å². The molecule has 0 aromatic heterocycles. The minimum absolute atomic E-state index is 0. The maximum Gasteiger partial charge on any atom is -0.147 e. The van der Waals surface area contributed by atoms with E-state index in [0.717, 1.165) is 0 Å². The van der Waals surface area contributed by atoms with Gasteiger partial charge in [-0.1, -0.05) is 0 Å². The van der Waals surface area contributed by atoms with E-state index >= 15 is 0 Å². The Balaban J connectivity index is 0. The Bertz CT molecular complexity index is 195. The van der Waals surface area contributed by atoms with Gasteiger partial charge in [0, 0.05) is 0 Å². The van der Waals surface area contributed by atoms with Gasteiger partial charge in [-0.05, 0) is 0 Å². The molecule has 0 N–H and O–H groups in total. The summed E-state index contributed by atoms with van der Waals surface area (Å²) in [5.41, 5.74) is 3.20. The van der Waals surface area contributed by atoms with Crippen molar-refractivity contribution >= 4 is 24.8 Å². The van der Waals surface area contributed by atoms with Crippen LogP contribution in [0.3, 0.4) is 0 Å². The zero-order valence-electron chi connectivity index (χ0n) is 7.52. The van der Waals surface area contributed by atoms with Gasteiger partial charge in [-0.25, -0.2) is 0 Å². The van der Waals surface area contributed by atoms with Crippen LogP contribution in [0.4, 0.5) is 0 Å². The van der Waals surface area contributed by atoms with Crippen LogP contribution in [0.2, 0.25) is 0 Å². The van der Waals surface area contributed by atoms with Crippen LogP contribution in [0, 0.1) is 0 Å². The van der Waals surface area contributed by atoms with Crippen LogP contribution in [0.5, 0.6) is 0 Å². The summed E-state index contributed by atoms with van der Waals surface area (Å²) in [5, 5.41) is 0. The van der Waals surface area contributed by atoms with E-state index in [1.807, 2.05) is 0 Å². The molecule has 0 heterocycles. The largest absolute Gasteiger partial charge is 0.147 e. The number of allylic oxidation sites excluding steroid dienone is 4. The number of rotatable bonds is 2. The minimum Gasteiger partial charge on any atom is -0.147 e. The SMILES string of the molecule is CCC1=CC[C]([Ti])=C1CC.Cl.Cl. The van der Waals surface area contributed by atoms with Gasteiger partial charge >= 0.3 is 74.6 Å². The summed E-state index contributed by atoms with van der Waals surface area (Å²) in [7, 11) is 0. The average Bonchev–Trinajstić information content (AvgIpc) is 2.30. The molecule has 0 aromatic rings. The van der Waals surface area contributed by atoms with E-state index < -0.39 is 0 Å². The first-order valence-corrected chi connectivity index (χ1v) is 4.70. The van der Waals surface area contributed by atoms with E-state index in [0.29, 0.717) is 0 Å². The Hall–Kier alpha value is 0.774. The Labute approximate surface area is 99.1 Å². The predicted molar refractivity (Wildman–Crippen MR) is 54.8 cm³/mol. The van der Waals surface area contributed by atoms with Crippen molar-refractivity contribution < 1.29 is 20.4 Å². The third kappa shape index (κ3) is 3.26. The van der Waals surface area contributed by atoms with E-state index in [2.05, 4.69) is 40.4 Å². The maximum absolute atomic E-state index is 2.37. The van der Waals surface area contributed by atoms with Crippen molar-refractivity contribution in [2.75, 3.05) is 0 Å². The molecule has 0 aliphatic heterocycles. The summed E-state index contributed by atoms with van der Waals surface area (Å²) in [6.45, 7) is 4.48. The molecule has 0 unspecified atom stereocenters. The van der Waals surface area contributed by atoms with Crippen molar-refractivity contribution in [1.29, 1.82) is 0 Å². The van der Waals surface area contributed by atoms with Gasteiger partial charge in [0.1, 0.15) is 0 Å². The van der Waals surface area contributed by atoms with Crippen molar-refractivity contribution in [3.05, 3.63) is 21.1 Å².